The first-order valence-corrected chi connectivity index (χ1v) is 12.8. The summed E-state index contributed by atoms with van der Waals surface area (Å²) < 4.78 is 91.4. The molecule has 0 atom stereocenters. The van der Waals surface area contributed by atoms with Crippen molar-refractivity contribution in [1.82, 2.24) is 9.80 Å². The molecular formula is C23H30F6N2O2S. The molecule has 0 N–H and O–H groups in total. The zero-order valence-corrected chi connectivity index (χ0v) is 20.2. The molecule has 2 aliphatic heterocycles. The summed E-state index contributed by atoms with van der Waals surface area (Å²) in [7, 11) is 0.813. The molecule has 0 unspecified atom stereocenters. The van der Waals surface area contributed by atoms with Crippen molar-refractivity contribution in [3.05, 3.63) is 34.9 Å². The molecule has 0 radical (unpaired) electrons. The zero-order chi connectivity index (χ0) is 25.5. The van der Waals surface area contributed by atoms with Crippen molar-refractivity contribution in [1.29, 1.82) is 0 Å². The van der Waals surface area contributed by atoms with E-state index in [1.807, 2.05) is 0 Å². The van der Waals surface area contributed by atoms with Crippen LogP contribution in [0.25, 0.3) is 0 Å². The molecule has 192 valence electrons. The third kappa shape index (κ3) is 5.95. The second-order valence-electron chi connectivity index (χ2n) is 9.68. The first-order valence-electron chi connectivity index (χ1n) is 11.3. The van der Waals surface area contributed by atoms with Crippen LogP contribution in [0.4, 0.5) is 26.3 Å². The van der Waals surface area contributed by atoms with Crippen LogP contribution in [-0.4, -0.2) is 63.6 Å². The Morgan fingerprint density at radius 2 is 1.32 bits per heavy atom. The molecule has 0 aliphatic carbocycles. The Balaban J connectivity index is 1.75. The highest BCUT2D eigenvalue weighted by atomic mass is 32.2. The van der Waals surface area contributed by atoms with E-state index < -0.39 is 45.6 Å². The lowest BCUT2D eigenvalue weighted by Gasteiger charge is -2.43. The molecule has 1 aromatic carbocycles. The van der Waals surface area contributed by atoms with Gasteiger partial charge in [0.05, 0.1) is 16.5 Å². The third-order valence-corrected chi connectivity index (χ3v) is 8.47. The zero-order valence-electron chi connectivity index (χ0n) is 19.4. The number of amides is 1. The minimum Gasteiger partial charge on any atom is -0.342 e. The van der Waals surface area contributed by atoms with Crippen LogP contribution in [0.2, 0.25) is 0 Å². The van der Waals surface area contributed by atoms with Gasteiger partial charge in [-0.1, -0.05) is 0 Å². The molecule has 3 rings (SSSR count). The van der Waals surface area contributed by atoms with Crippen molar-refractivity contribution in [2.45, 2.75) is 69.4 Å². The average molecular weight is 513 g/mol. The van der Waals surface area contributed by atoms with Crippen LogP contribution >= 0.6 is 0 Å². The van der Waals surface area contributed by atoms with Crippen LogP contribution in [0.15, 0.2) is 18.2 Å². The van der Waals surface area contributed by atoms with Gasteiger partial charge in [0.25, 0.3) is 0 Å². The number of benzene rings is 1. The van der Waals surface area contributed by atoms with Gasteiger partial charge >= 0.3 is 12.4 Å². The quantitative estimate of drug-likeness (QED) is 0.543. The maximum atomic E-state index is 13.3. The van der Waals surface area contributed by atoms with Gasteiger partial charge in [-0.3, -0.25) is 9.00 Å². The lowest BCUT2D eigenvalue weighted by atomic mass is 9.80. The van der Waals surface area contributed by atoms with Gasteiger partial charge in [-0.05, 0) is 63.3 Å². The van der Waals surface area contributed by atoms with E-state index >= 15 is 0 Å². The molecule has 2 fully saturated rings. The van der Waals surface area contributed by atoms with E-state index in [0.717, 1.165) is 25.9 Å². The molecule has 11 heteroatoms. The Hall–Kier alpha value is -1.62. The number of halogens is 6. The molecular weight excluding hydrogens is 482 g/mol. The van der Waals surface area contributed by atoms with Gasteiger partial charge < -0.3 is 9.80 Å². The fraction of sp³-hybridized carbons (Fsp3) is 0.696. The maximum absolute atomic E-state index is 13.3. The summed E-state index contributed by atoms with van der Waals surface area (Å²) in [6.45, 7) is 4.20. The fourth-order valence-corrected chi connectivity index (χ4v) is 6.10. The van der Waals surface area contributed by atoms with Crippen molar-refractivity contribution in [2.75, 3.05) is 31.6 Å². The molecule has 0 aromatic heterocycles. The molecule has 0 spiro atoms. The summed E-state index contributed by atoms with van der Waals surface area (Å²) in [6, 6.07) is 1.55. The molecule has 34 heavy (non-hydrogen) atoms. The van der Waals surface area contributed by atoms with Crippen molar-refractivity contribution >= 4 is 16.7 Å². The first-order chi connectivity index (χ1) is 15.6. The molecule has 1 amide bonds. The van der Waals surface area contributed by atoms with Gasteiger partial charge in [-0.2, -0.15) is 26.3 Å². The van der Waals surface area contributed by atoms with Gasteiger partial charge in [0.15, 0.2) is 0 Å². The van der Waals surface area contributed by atoms with Gasteiger partial charge in [0.2, 0.25) is 5.91 Å². The largest absolute Gasteiger partial charge is 0.416 e. The summed E-state index contributed by atoms with van der Waals surface area (Å²) in [5, 5.41) is 0. The number of piperidine rings is 1. The van der Waals surface area contributed by atoms with Crippen molar-refractivity contribution in [2.24, 2.45) is 0 Å². The predicted octanol–water partition coefficient (Wildman–Crippen LogP) is 4.84. The van der Waals surface area contributed by atoms with Crippen LogP contribution in [0.3, 0.4) is 0 Å². The highest BCUT2D eigenvalue weighted by molar-refractivity contribution is 7.85. The second kappa shape index (κ2) is 9.79. The molecule has 2 saturated heterocycles. The Bertz CT molecular complexity index is 881. The topological polar surface area (TPSA) is 40.6 Å². The van der Waals surface area contributed by atoms with Gasteiger partial charge in [0, 0.05) is 54.5 Å². The number of hydrogen-bond acceptors (Lipinski definition) is 3. The predicted molar refractivity (Wildman–Crippen MR) is 118 cm³/mol. The highest BCUT2D eigenvalue weighted by Crippen LogP contribution is 2.39. The van der Waals surface area contributed by atoms with E-state index in [0.29, 0.717) is 42.5 Å². The van der Waals surface area contributed by atoms with Crippen molar-refractivity contribution in [3.8, 4) is 0 Å². The van der Waals surface area contributed by atoms with E-state index in [9.17, 15) is 35.3 Å². The van der Waals surface area contributed by atoms with Crippen LogP contribution < -0.4 is 0 Å². The highest BCUT2D eigenvalue weighted by Gasteiger charge is 2.42. The number of hydrogen-bond donors (Lipinski definition) is 0. The molecule has 2 aliphatic rings. The summed E-state index contributed by atoms with van der Waals surface area (Å²) in [6.07, 6.45) is -6.88. The Morgan fingerprint density at radius 3 is 1.76 bits per heavy atom. The number of alkyl halides is 6. The van der Waals surface area contributed by atoms with Crippen LogP contribution in [0.5, 0.6) is 0 Å². The lowest BCUT2D eigenvalue weighted by Crippen LogP contribution is -2.52. The van der Waals surface area contributed by atoms with Crippen LogP contribution in [0, 0.1) is 0 Å². The van der Waals surface area contributed by atoms with Gasteiger partial charge in [-0.15, -0.1) is 0 Å². The number of carbonyl (C=O) groups is 1. The average Bonchev–Trinajstić information content (AvgIpc) is 2.77. The number of rotatable bonds is 4. The molecule has 0 bridgehead atoms. The van der Waals surface area contributed by atoms with Crippen LogP contribution in [0.1, 0.15) is 56.2 Å². The fourth-order valence-electron chi connectivity index (χ4n) is 4.83. The van der Waals surface area contributed by atoms with E-state index in [-0.39, 0.29) is 17.7 Å². The standard InChI is InChI=1S/C23H30F6N2O2S/c1-21(2,15-12-16(22(24,25)26)14-17(13-15)23(27,28)29)20(32)30(3)18-4-8-31(9-5-18)19-6-10-34(33)11-7-19/h12-14,18-19H,4-11H2,1-3H3. The lowest BCUT2D eigenvalue weighted by molar-refractivity contribution is -0.144. The minimum atomic E-state index is -4.97. The maximum Gasteiger partial charge on any atom is 0.416 e. The first kappa shape index (κ1) is 27.0. The smallest absolute Gasteiger partial charge is 0.342 e. The molecule has 1 aromatic rings. The third-order valence-electron chi connectivity index (χ3n) is 7.09. The van der Waals surface area contributed by atoms with Crippen molar-refractivity contribution < 1.29 is 35.3 Å². The summed E-state index contributed by atoms with van der Waals surface area (Å²) >= 11 is 0. The number of carbonyl (C=O) groups excluding carboxylic acids is 1. The SMILES string of the molecule is CN(C(=O)C(C)(C)c1cc(C(F)(F)F)cc(C(F)(F)F)c1)C1CCN(C2CCS(=O)CC2)CC1. The summed E-state index contributed by atoms with van der Waals surface area (Å²) in [4.78, 5) is 17.1. The molecule has 4 nitrogen and oxygen atoms in total. The van der Waals surface area contributed by atoms with E-state index in [1.54, 1.807) is 7.05 Å². The number of likely N-dealkylation sites (N-methyl/N-ethyl adjacent to an activating group) is 1. The van der Waals surface area contributed by atoms with Crippen LogP contribution in [-0.2, 0) is 33.4 Å². The monoisotopic (exact) mass is 512 g/mol. The van der Waals surface area contributed by atoms with Gasteiger partial charge in [0.1, 0.15) is 0 Å². The van der Waals surface area contributed by atoms with E-state index in [4.69, 9.17) is 0 Å². The second-order valence-corrected chi connectivity index (χ2v) is 11.4. The Morgan fingerprint density at radius 1 is 0.882 bits per heavy atom. The number of nitrogens with zero attached hydrogens (tertiary/aromatic N) is 2. The summed E-state index contributed by atoms with van der Waals surface area (Å²) in [5.41, 5.74) is -4.76. The van der Waals surface area contributed by atoms with Crippen molar-refractivity contribution in [3.63, 3.8) is 0 Å². The molecule has 2 heterocycles. The van der Waals surface area contributed by atoms with E-state index in [2.05, 4.69) is 4.90 Å². The van der Waals surface area contributed by atoms with E-state index in [1.165, 1.54) is 18.7 Å². The summed E-state index contributed by atoms with van der Waals surface area (Å²) in [5.74, 6) is 0.855. The number of likely N-dealkylation sites (tertiary alicyclic amines) is 1. The Kier molecular flexibility index (Phi) is 7.77. The minimum absolute atomic E-state index is 0.0737. The Labute approximate surface area is 198 Å². The normalized spacial score (nSPS) is 23.7. The van der Waals surface area contributed by atoms with Gasteiger partial charge in [-0.25, -0.2) is 0 Å². The molecule has 0 saturated carbocycles.